The highest BCUT2D eigenvalue weighted by atomic mass is 32.1. The number of hydrogen-bond acceptors (Lipinski definition) is 3. The van der Waals surface area contributed by atoms with Gasteiger partial charge in [0.25, 0.3) is 0 Å². The summed E-state index contributed by atoms with van der Waals surface area (Å²) < 4.78 is 2.32. The second-order valence-corrected chi connectivity index (χ2v) is 5.72. The molecule has 0 spiro atoms. The molecule has 0 unspecified atom stereocenters. The Morgan fingerprint density at radius 3 is 3.00 bits per heavy atom. The molecule has 96 valence electrons. The van der Waals surface area contributed by atoms with Gasteiger partial charge in [0.15, 0.2) is 0 Å². The zero-order valence-electron chi connectivity index (χ0n) is 10.5. The SMILES string of the molecule is c1cn(C2CCCCC2)c(NCc2ccsc2)n1. The molecule has 4 heteroatoms. The van der Waals surface area contributed by atoms with Crippen LogP contribution in [0, 0.1) is 0 Å². The maximum atomic E-state index is 4.45. The zero-order chi connectivity index (χ0) is 12.2. The predicted molar refractivity (Wildman–Crippen MR) is 76.0 cm³/mol. The van der Waals surface area contributed by atoms with Crippen LogP contribution in [0.3, 0.4) is 0 Å². The third-order valence-corrected chi connectivity index (χ3v) is 4.40. The Bertz CT molecular complexity index is 469. The molecule has 0 aliphatic heterocycles. The predicted octanol–water partition coefficient (Wildman–Crippen LogP) is 4.06. The van der Waals surface area contributed by atoms with E-state index in [1.165, 1.54) is 37.7 Å². The van der Waals surface area contributed by atoms with E-state index in [4.69, 9.17) is 0 Å². The molecule has 0 atom stereocenters. The van der Waals surface area contributed by atoms with Crippen molar-refractivity contribution in [3.05, 3.63) is 34.8 Å². The quantitative estimate of drug-likeness (QED) is 0.899. The fourth-order valence-electron chi connectivity index (χ4n) is 2.68. The first-order valence-corrected chi connectivity index (χ1v) is 7.65. The van der Waals surface area contributed by atoms with Crippen LogP contribution < -0.4 is 5.32 Å². The first-order valence-electron chi connectivity index (χ1n) is 6.71. The molecule has 0 bridgehead atoms. The van der Waals surface area contributed by atoms with Crippen LogP contribution >= 0.6 is 11.3 Å². The van der Waals surface area contributed by atoms with E-state index in [1.54, 1.807) is 11.3 Å². The van der Waals surface area contributed by atoms with Gasteiger partial charge in [-0.05, 0) is 35.2 Å². The van der Waals surface area contributed by atoms with E-state index >= 15 is 0 Å². The lowest BCUT2D eigenvalue weighted by atomic mass is 9.95. The Balaban J connectivity index is 1.67. The van der Waals surface area contributed by atoms with Crippen molar-refractivity contribution < 1.29 is 0 Å². The molecule has 0 amide bonds. The van der Waals surface area contributed by atoms with Crippen molar-refractivity contribution >= 4 is 17.3 Å². The van der Waals surface area contributed by atoms with Crippen molar-refractivity contribution in [2.24, 2.45) is 0 Å². The summed E-state index contributed by atoms with van der Waals surface area (Å²) in [6, 6.07) is 2.80. The molecule has 3 rings (SSSR count). The monoisotopic (exact) mass is 261 g/mol. The molecule has 2 aromatic heterocycles. The number of hydrogen-bond donors (Lipinski definition) is 1. The molecule has 1 N–H and O–H groups in total. The second-order valence-electron chi connectivity index (χ2n) is 4.94. The summed E-state index contributed by atoms with van der Waals surface area (Å²) >= 11 is 1.74. The van der Waals surface area contributed by atoms with Gasteiger partial charge in [0.1, 0.15) is 0 Å². The van der Waals surface area contributed by atoms with Gasteiger partial charge in [-0.2, -0.15) is 11.3 Å². The molecular formula is C14H19N3S. The smallest absolute Gasteiger partial charge is 0.203 e. The van der Waals surface area contributed by atoms with Crippen LogP contribution in [-0.2, 0) is 6.54 Å². The van der Waals surface area contributed by atoms with Crippen LogP contribution in [-0.4, -0.2) is 9.55 Å². The minimum Gasteiger partial charge on any atom is -0.352 e. The highest BCUT2D eigenvalue weighted by Gasteiger charge is 2.17. The molecule has 18 heavy (non-hydrogen) atoms. The first kappa shape index (κ1) is 11.8. The van der Waals surface area contributed by atoms with Crippen LogP contribution in [0.5, 0.6) is 0 Å². The van der Waals surface area contributed by atoms with E-state index in [-0.39, 0.29) is 0 Å². The molecule has 3 nitrogen and oxygen atoms in total. The van der Waals surface area contributed by atoms with E-state index in [9.17, 15) is 0 Å². The Morgan fingerprint density at radius 1 is 1.33 bits per heavy atom. The van der Waals surface area contributed by atoms with Gasteiger partial charge in [-0.25, -0.2) is 4.98 Å². The minimum atomic E-state index is 0.645. The van der Waals surface area contributed by atoms with Gasteiger partial charge in [-0.3, -0.25) is 0 Å². The minimum absolute atomic E-state index is 0.645. The van der Waals surface area contributed by atoms with Crippen LogP contribution in [0.4, 0.5) is 5.95 Å². The topological polar surface area (TPSA) is 29.9 Å². The number of nitrogens with zero attached hydrogens (tertiary/aromatic N) is 2. The lowest BCUT2D eigenvalue weighted by molar-refractivity contribution is 0.356. The Labute approximate surface area is 112 Å². The number of thiophene rings is 1. The van der Waals surface area contributed by atoms with E-state index in [1.807, 2.05) is 6.20 Å². The lowest BCUT2D eigenvalue weighted by Gasteiger charge is -2.24. The van der Waals surface area contributed by atoms with E-state index in [0.29, 0.717) is 6.04 Å². The van der Waals surface area contributed by atoms with Crippen LogP contribution in [0.1, 0.15) is 43.7 Å². The summed E-state index contributed by atoms with van der Waals surface area (Å²) in [6.45, 7) is 0.868. The Kier molecular flexibility index (Phi) is 3.64. The second kappa shape index (κ2) is 5.57. The van der Waals surface area contributed by atoms with Crippen LogP contribution in [0.2, 0.25) is 0 Å². The van der Waals surface area contributed by atoms with Gasteiger partial charge >= 0.3 is 0 Å². The molecule has 0 saturated heterocycles. The van der Waals surface area contributed by atoms with Crippen LogP contribution in [0.15, 0.2) is 29.2 Å². The fraction of sp³-hybridized carbons (Fsp3) is 0.500. The average Bonchev–Trinajstić information content (AvgIpc) is 3.09. The normalized spacial score (nSPS) is 16.9. The number of anilines is 1. The van der Waals surface area contributed by atoms with Crippen LogP contribution in [0.25, 0.3) is 0 Å². The third kappa shape index (κ3) is 2.58. The van der Waals surface area contributed by atoms with Gasteiger partial charge < -0.3 is 9.88 Å². The molecular weight excluding hydrogens is 242 g/mol. The van der Waals surface area contributed by atoms with Crippen molar-refractivity contribution in [1.29, 1.82) is 0 Å². The molecule has 0 aromatic carbocycles. The summed E-state index contributed by atoms with van der Waals surface area (Å²) in [4.78, 5) is 4.45. The van der Waals surface area contributed by atoms with Crippen molar-refractivity contribution in [2.45, 2.75) is 44.7 Å². The summed E-state index contributed by atoms with van der Waals surface area (Å²) in [5.41, 5.74) is 1.33. The number of aromatic nitrogens is 2. The fourth-order valence-corrected chi connectivity index (χ4v) is 3.35. The first-order chi connectivity index (χ1) is 8.93. The molecule has 1 saturated carbocycles. The maximum Gasteiger partial charge on any atom is 0.203 e. The maximum absolute atomic E-state index is 4.45. The van der Waals surface area contributed by atoms with Gasteiger partial charge in [-0.1, -0.05) is 19.3 Å². The third-order valence-electron chi connectivity index (χ3n) is 3.67. The standard InChI is InChI=1S/C14H19N3S/c1-2-4-13(5-3-1)17-8-7-15-14(17)16-10-12-6-9-18-11-12/h6-9,11,13H,1-5,10H2,(H,15,16). The molecule has 0 radical (unpaired) electrons. The van der Waals surface area contributed by atoms with E-state index < -0.39 is 0 Å². The van der Waals surface area contributed by atoms with E-state index in [2.05, 4.69) is 37.9 Å². The largest absolute Gasteiger partial charge is 0.352 e. The average molecular weight is 261 g/mol. The Hall–Kier alpha value is -1.29. The summed E-state index contributed by atoms with van der Waals surface area (Å²) in [6.07, 6.45) is 10.7. The van der Waals surface area contributed by atoms with Crippen molar-refractivity contribution in [3.8, 4) is 0 Å². The molecule has 1 fully saturated rings. The van der Waals surface area contributed by atoms with Gasteiger partial charge in [0.05, 0.1) is 0 Å². The van der Waals surface area contributed by atoms with Crippen molar-refractivity contribution in [2.75, 3.05) is 5.32 Å². The Morgan fingerprint density at radius 2 is 2.22 bits per heavy atom. The molecule has 2 heterocycles. The summed E-state index contributed by atoms with van der Waals surface area (Å²) in [5, 5.41) is 7.75. The zero-order valence-corrected chi connectivity index (χ0v) is 11.3. The molecule has 1 aliphatic rings. The summed E-state index contributed by atoms with van der Waals surface area (Å²) in [5.74, 6) is 1.02. The highest BCUT2D eigenvalue weighted by molar-refractivity contribution is 7.07. The van der Waals surface area contributed by atoms with E-state index in [0.717, 1.165) is 12.5 Å². The number of rotatable bonds is 4. The number of nitrogens with one attached hydrogen (secondary N) is 1. The van der Waals surface area contributed by atoms with Gasteiger partial charge in [-0.15, -0.1) is 0 Å². The van der Waals surface area contributed by atoms with Gasteiger partial charge in [0, 0.05) is 25.0 Å². The molecule has 2 aromatic rings. The molecule has 1 aliphatic carbocycles. The van der Waals surface area contributed by atoms with Gasteiger partial charge in [0.2, 0.25) is 5.95 Å². The van der Waals surface area contributed by atoms with Crippen molar-refractivity contribution in [3.63, 3.8) is 0 Å². The number of imidazole rings is 1. The summed E-state index contributed by atoms with van der Waals surface area (Å²) in [7, 11) is 0. The lowest BCUT2D eigenvalue weighted by Crippen LogP contribution is -2.15. The van der Waals surface area contributed by atoms with Crippen molar-refractivity contribution in [1.82, 2.24) is 9.55 Å². The highest BCUT2D eigenvalue weighted by Crippen LogP contribution is 2.30.